The number of hydrogen-bond donors (Lipinski definition) is 1. The molecule has 8 heteroatoms. The lowest BCUT2D eigenvalue weighted by molar-refractivity contribution is -0.119. The van der Waals surface area contributed by atoms with Crippen LogP contribution in [0, 0.1) is 0 Å². The summed E-state index contributed by atoms with van der Waals surface area (Å²) in [5.74, 6) is 0.321. The summed E-state index contributed by atoms with van der Waals surface area (Å²) in [5, 5.41) is 4.64. The molecule has 0 atom stereocenters. The summed E-state index contributed by atoms with van der Waals surface area (Å²) < 4.78 is 10.3. The molecule has 1 amide bonds. The molecule has 0 spiro atoms. The van der Waals surface area contributed by atoms with Gasteiger partial charge < -0.3 is 14.8 Å². The number of nitrogens with zero attached hydrogens (tertiary/aromatic N) is 1. The van der Waals surface area contributed by atoms with E-state index in [1.807, 2.05) is 17.5 Å². The quantitative estimate of drug-likeness (QED) is 0.439. The van der Waals surface area contributed by atoms with E-state index in [9.17, 15) is 9.59 Å². The van der Waals surface area contributed by atoms with Crippen LogP contribution in [-0.4, -0.2) is 30.6 Å². The number of esters is 1. The number of aromatic nitrogens is 1. The van der Waals surface area contributed by atoms with Gasteiger partial charge in [-0.3, -0.25) is 4.79 Å². The lowest BCUT2D eigenvalue weighted by Gasteiger charge is -2.10. The second-order valence-electron chi connectivity index (χ2n) is 5.62. The van der Waals surface area contributed by atoms with Crippen molar-refractivity contribution in [1.29, 1.82) is 0 Å². The number of methoxy groups -OCH3 is 1. The number of thiazole rings is 1. The largest absolute Gasteiger partial charge is 0.497 e. The van der Waals surface area contributed by atoms with Gasteiger partial charge in [-0.05, 0) is 24.3 Å². The smallest absolute Gasteiger partial charge is 0.339 e. The van der Waals surface area contributed by atoms with Gasteiger partial charge in [-0.15, -0.1) is 23.1 Å². The monoisotopic (exact) mass is 414 g/mol. The van der Waals surface area contributed by atoms with Gasteiger partial charge in [0.25, 0.3) is 5.91 Å². The second-order valence-corrected chi connectivity index (χ2v) is 7.36. The fourth-order valence-corrected chi connectivity index (χ4v) is 3.94. The lowest BCUT2D eigenvalue weighted by Crippen LogP contribution is -2.21. The first kappa shape index (κ1) is 19.9. The topological polar surface area (TPSA) is 77.5 Å². The zero-order valence-electron chi connectivity index (χ0n) is 15.1. The molecule has 3 aromatic rings. The first-order valence-electron chi connectivity index (χ1n) is 8.35. The van der Waals surface area contributed by atoms with Crippen molar-refractivity contribution in [2.45, 2.75) is 10.6 Å². The number of carbonyl (C=O) groups is 2. The molecular formula is C20H18N2O4S2. The van der Waals surface area contributed by atoms with E-state index in [0.29, 0.717) is 22.8 Å². The molecule has 3 rings (SSSR count). The van der Waals surface area contributed by atoms with Crippen LogP contribution in [0.1, 0.15) is 16.1 Å². The summed E-state index contributed by atoms with van der Waals surface area (Å²) in [6, 6.07) is 14.1. The van der Waals surface area contributed by atoms with Gasteiger partial charge in [-0.1, -0.05) is 18.2 Å². The van der Waals surface area contributed by atoms with Crippen LogP contribution < -0.4 is 10.1 Å². The normalized spacial score (nSPS) is 10.3. The van der Waals surface area contributed by atoms with E-state index < -0.39 is 11.9 Å². The van der Waals surface area contributed by atoms with Crippen LogP contribution in [0.3, 0.4) is 0 Å². The van der Waals surface area contributed by atoms with E-state index in [2.05, 4.69) is 10.3 Å². The predicted molar refractivity (Wildman–Crippen MR) is 110 cm³/mol. The maximum absolute atomic E-state index is 12.4. The van der Waals surface area contributed by atoms with Gasteiger partial charge >= 0.3 is 5.97 Å². The summed E-state index contributed by atoms with van der Waals surface area (Å²) in [6.45, 7) is -0.374. The number of anilines is 1. The number of benzene rings is 2. The molecule has 144 valence electrons. The van der Waals surface area contributed by atoms with Gasteiger partial charge in [0, 0.05) is 27.8 Å². The number of hydrogen-bond acceptors (Lipinski definition) is 7. The molecule has 6 nitrogen and oxygen atoms in total. The summed E-state index contributed by atoms with van der Waals surface area (Å²) in [4.78, 5) is 29.5. The van der Waals surface area contributed by atoms with Crippen LogP contribution in [-0.2, 0) is 15.3 Å². The predicted octanol–water partition coefficient (Wildman–Crippen LogP) is 4.24. The summed E-state index contributed by atoms with van der Waals surface area (Å²) in [5.41, 5.74) is 3.73. The zero-order valence-corrected chi connectivity index (χ0v) is 16.7. The van der Waals surface area contributed by atoms with Crippen molar-refractivity contribution in [3.63, 3.8) is 0 Å². The molecule has 0 fully saturated rings. The van der Waals surface area contributed by atoms with Gasteiger partial charge in [0.2, 0.25) is 0 Å². The van der Waals surface area contributed by atoms with Crippen molar-refractivity contribution < 1.29 is 19.1 Å². The molecule has 1 aromatic heterocycles. The van der Waals surface area contributed by atoms with Crippen molar-refractivity contribution in [2.75, 3.05) is 19.0 Å². The first-order chi connectivity index (χ1) is 13.7. The van der Waals surface area contributed by atoms with Crippen LogP contribution in [0.15, 0.2) is 64.3 Å². The lowest BCUT2D eigenvalue weighted by atomic mass is 10.2. The number of rotatable bonds is 8. The molecule has 2 aromatic carbocycles. The molecule has 1 N–H and O–H groups in total. The minimum Gasteiger partial charge on any atom is -0.497 e. The Hall–Kier alpha value is -2.84. The molecule has 0 unspecified atom stereocenters. The fourth-order valence-electron chi connectivity index (χ4n) is 2.33. The van der Waals surface area contributed by atoms with Crippen molar-refractivity contribution in [3.8, 4) is 5.75 Å². The number of carbonyl (C=O) groups excluding carboxylic acids is 2. The van der Waals surface area contributed by atoms with Gasteiger partial charge in [0.05, 0.1) is 23.9 Å². The van der Waals surface area contributed by atoms with E-state index in [1.54, 1.807) is 49.0 Å². The summed E-state index contributed by atoms with van der Waals surface area (Å²) in [7, 11) is 1.55. The van der Waals surface area contributed by atoms with Crippen LogP contribution in [0.2, 0.25) is 0 Å². The first-order valence-corrected chi connectivity index (χ1v) is 10.3. The highest BCUT2D eigenvalue weighted by Gasteiger charge is 2.15. The van der Waals surface area contributed by atoms with Crippen LogP contribution in [0.5, 0.6) is 5.75 Å². The summed E-state index contributed by atoms with van der Waals surface area (Å²) in [6.07, 6.45) is 0. The second kappa shape index (κ2) is 9.91. The van der Waals surface area contributed by atoms with E-state index in [-0.39, 0.29) is 6.61 Å². The van der Waals surface area contributed by atoms with Crippen molar-refractivity contribution >= 4 is 40.7 Å². The molecule has 0 aliphatic rings. The molecule has 0 aliphatic heterocycles. The minimum atomic E-state index is -0.540. The van der Waals surface area contributed by atoms with E-state index in [0.717, 1.165) is 10.6 Å². The van der Waals surface area contributed by atoms with Crippen molar-refractivity contribution in [3.05, 3.63) is 70.7 Å². The molecule has 0 bridgehead atoms. The molecule has 0 saturated carbocycles. The Kier molecular flexibility index (Phi) is 7.05. The fraction of sp³-hybridized carbons (Fsp3) is 0.150. The summed E-state index contributed by atoms with van der Waals surface area (Å²) >= 11 is 3.03. The Morgan fingerprint density at radius 2 is 2.04 bits per heavy atom. The third-order valence-corrected chi connectivity index (χ3v) is 5.40. The standard InChI is InChI=1S/C20H18N2O4S2/c1-25-16-6-4-5-14(9-16)22-19(23)10-26-20(24)17-7-2-3-8-18(17)28-12-15-11-27-13-21-15/h2-9,11,13H,10,12H2,1H3,(H,22,23). The maximum Gasteiger partial charge on any atom is 0.339 e. The number of nitrogens with one attached hydrogen (secondary N) is 1. The van der Waals surface area contributed by atoms with E-state index >= 15 is 0 Å². The van der Waals surface area contributed by atoms with Crippen LogP contribution in [0.4, 0.5) is 5.69 Å². The van der Waals surface area contributed by atoms with Crippen molar-refractivity contribution in [2.24, 2.45) is 0 Å². The maximum atomic E-state index is 12.4. The minimum absolute atomic E-state index is 0.374. The van der Waals surface area contributed by atoms with Crippen LogP contribution >= 0.6 is 23.1 Å². The number of thioether (sulfide) groups is 1. The van der Waals surface area contributed by atoms with Crippen molar-refractivity contribution in [1.82, 2.24) is 4.98 Å². The van der Waals surface area contributed by atoms with Gasteiger partial charge in [-0.2, -0.15) is 0 Å². The van der Waals surface area contributed by atoms with Crippen LogP contribution in [0.25, 0.3) is 0 Å². The number of ether oxygens (including phenoxy) is 2. The van der Waals surface area contributed by atoms with Gasteiger partial charge in [0.15, 0.2) is 6.61 Å². The molecule has 1 heterocycles. The van der Waals surface area contributed by atoms with Gasteiger partial charge in [-0.25, -0.2) is 9.78 Å². The zero-order chi connectivity index (χ0) is 19.8. The average molecular weight is 415 g/mol. The Labute approximate surface area is 170 Å². The Morgan fingerprint density at radius 1 is 1.18 bits per heavy atom. The highest BCUT2D eigenvalue weighted by molar-refractivity contribution is 7.98. The van der Waals surface area contributed by atoms with E-state index in [1.165, 1.54) is 23.1 Å². The molecule has 28 heavy (non-hydrogen) atoms. The highest BCUT2D eigenvalue weighted by Crippen LogP contribution is 2.26. The molecule has 0 radical (unpaired) electrons. The van der Waals surface area contributed by atoms with Gasteiger partial charge in [0.1, 0.15) is 5.75 Å². The molecule has 0 saturated heterocycles. The Balaban J connectivity index is 1.56. The Bertz CT molecular complexity index is 945. The number of amides is 1. The molecular weight excluding hydrogens is 396 g/mol. The third kappa shape index (κ3) is 5.58. The molecule has 0 aliphatic carbocycles. The third-order valence-electron chi connectivity index (χ3n) is 3.65. The highest BCUT2D eigenvalue weighted by atomic mass is 32.2. The Morgan fingerprint density at radius 3 is 2.82 bits per heavy atom. The SMILES string of the molecule is COc1cccc(NC(=O)COC(=O)c2ccccc2SCc2cscn2)c1. The van der Waals surface area contributed by atoms with E-state index in [4.69, 9.17) is 9.47 Å². The average Bonchev–Trinajstić information content (AvgIpc) is 3.24.